The summed E-state index contributed by atoms with van der Waals surface area (Å²) in [5.74, 6) is 1.15. The van der Waals surface area contributed by atoms with Crippen molar-refractivity contribution in [3.63, 3.8) is 0 Å². The quantitative estimate of drug-likeness (QED) is 0.276. The number of hydrogen-bond acceptors (Lipinski definition) is 3. The number of halogens is 1. The first-order valence-corrected chi connectivity index (χ1v) is 11.7. The molecule has 0 saturated carbocycles. The summed E-state index contributed by atoms with van der Waals surface area (Å²) in [5, 5.41) is 0.186. The van der Waals surface area contributed by atoms with E-state index in [2.05, 4.69) is 84.5 Å². The van der Waals surface area contributed by atoms with Crippen LogP contribution in [-0.4, -0.2) is 15.0 Å². The summed E-state index contributed by atoms with van der Waals surface area (Å²) in [5.41, 5.74) is 8.94. The summed E-state index contributed by atoms with van der Waals surface area (Å²) >= 11 is 6.49. The third-order valence-corrected chi connectivity index (χ3v) is 6.88. The Labute approximate surface area is 204 Å². The highest BCUT2D eigenvalue weighted by molar-refractivity contribution is 6.28. The Morgan fingerprint density at radius 2 is 1.09 bits per heavy atom. The van der Waals surface area contributed by atoms with Crippen molar-refractivity contribution in [2.75, 3.05) is 0 Å². The van der Waals surface area contributed by atoms with E-state index < -0.39 is 0 Å². The van der Waals surface area contributed by atoms with Gasteiger partial charge >= 0.3 is 0 Å². The molecule has 1 aliphatic carbocycles. The Morgan fingerprint density at radius 1 is 0.529 bits per heavy atom. The molecule has 0 saturated heterocycles. The normalized spacial score (nSPS) is 13.4. The van der Waals surface area contributed by atoms with E-state index in [4.69, 9.17) is 16.6 Å². The molecule has 0 unspecified atom stereocenters. The van der Waals surface area contributed by atoms with Gasteiger partial charge in [-0.05, 0) is 45.0 Å². The maximum absolute atomic E-state index is 6.49. The summed E-state index contributed by atoms with van der Waals surface area (Å²) in [7, 11) is 0. The van der Waals surface area contributed by atoms with E-state index in [0.717, 1.165) is 22.3 Å². The zero-order chi connectivity index (χ0) is 23.3. The average Bonchev–Trinajstić information content (AvgIpc) is 3.11. The van der Waals surface area contributed by atoms with Crippen molar-refractivity contribution in [3.05, 3.63) is 113 Å². The molecule has 0 aliphatic heterocycles. The van der Waals surface area contributed by atoms with Crippen LogP contribution in [0.2, 0.25) is 5.28 Å². The first-order valence-electron chi connectivity index (χ1n) is 11.3. The van der Waals surface area contributed by atoms with Crippen LogP contribution in [0.5, 0.6) is 0 Å². The SMILES string of the molecule is CC1(C)c2ccccc2-c2c(-c3nc(Cl)nc(-c4ccccc4-c4ccccc4)n3)cccc21. The number of aromatic nitrogens is 3. The van der Waals surface area contributed by atoms with Gasteiger partial charge in [0.15, 0.2) is 11.6 Å². The molecule has 4 aromatic carbocycles. The van der Waals surface area contributed by atoms with Gasteiger partial charge in [0, 0.05) is 16.5 Å². The maximum Gasteiger partial charge on any atom is 0.226 e. The van der Waals surface area contributed by atoms with Gasteiger partial charge in [-0.2, -0.15) is 9.97 Å². The zero-order valence-corrected chi connectivity index (χ0v) is 19.7. The van der Waals surface area contributed by atoms with Gasteiger partial charge in [0.2, 0.25) is 5.28 Å². The summed E-state index contributed by atoms with van der Waals surface area (Å²) in [6, 6.07) is 33.3. The third kappa shape index (κ3) is 3.24. The third-order valence-electron chi connectivity index (χ3n) is 6.71. The average molecular weight is 460 g/mol. The predicted octanol–water partition coefficient (Wildman–Crippen LogP) is 7.83. The van der Waals surface area contributed by atoms with Gasteiger partial charge in [0.05, 0.1) is 0 Å². The van der Waals surface area contributed by atoms with Crippen molar-refractivity contribution >= 4 is 11.6 Å². The summed E-state index contributed by atoms with van der Waals surface area (Å²) in [6.07, 6.45) is 0. The van der Waals surface area contributed by atoms with Crippen molar-refractivity contribution in [2.45, 2.75) is 19.3 Å². The molecule has 0 spiro atoms. The number of fused-ring (bicyclic) bond motifs is 3. The standard InChI is InChI=1S/C30H22ClN3/c1-30(2)24-17-9-8-15-22(24)26-23(16-10-18-25(26)30)28-32-27(33-29(31)34-28)21-14-7-6-13-20(21)19-11-4-3-5-12-19/h3-18H,1-2H3. The molecule has 0 N–H and O–H groups in total. The monoisotopic (exact) mass is 459 g/mol. The van der Waals surface area contributed by atoms with Gasteiger partial charge in [-0.15, -0.1) is 0 Å². The Morgan fingerprint density at radius 3 is 1.85 bits per heavy atom. The van der Waals surface area contributed by atoms with Crippen LogP contribution in [0.3, 0.4) is 0 Å². The van der Waals surface area contributed by atoms with Crippen LogP contribution in [0.25, 0.3) is 45.0 Å². The topological polar surface area (TPSA) is 38.7 Å². The Bertz CT molecular complexity index is 1540. The van der Waals surface area contributed by atoms with Crippen LogP contribution in [0.4, 0.5) is 0 Å². The second kappa shape index (κ2) is 7.89. The highest BCUT2D eigenvalue weighted by Gasteiger charge is 2.37. The molecule has 6 rings (SSSR count). The minimum Gasteiger partial charge on any atom is -0.208 e. The van der Waals surface area contributed by atoms with Gasteiger partial charge < -0.3 is 0 Å². The molecule has 0 atom stereocenters. The molecular weight excluding hydrogens is 438 g/mol. The molecule has 5 aromatic rings. The van der Waals surface area contributed by atoms with E-state index in [1.165, 1.54) is 22.3 Å². The van der Waals surface area contributed by atoms with Gasteiger partial charge in [-0.1, -0.05) is 111 Å². The van der Waals surface area contributed by atoms with Crippen molar-refractivity contribution in [2.24, 2.45) is 0 Å². The number of nitrogens with zero attached hydrogens (tertiary/aromatic N) is 3. The molecule has 1 aromatic heterocycles. The van der Waals surface area contributed by atoms with Crippen molar-refractivity contribution in [1.29, 1.82) is 0 Å². The van der Waals surface area contributed by atoms with E-state index in [9.17, 15) is 0 Å². The maximum atomic E-state index is 6.49. The van der Waals surface area contributed by atoms with E-state index in [-0.39, 0.29) is 10.7 Å². The molecule has 0 bridgehead atoms. The Balaban J connectivity index is 1.57. The van der Waals surface area contributed by atoms with E-state index in [1.54, 1.807) is 0 Å². The smallest absolute Gasteiger partial charge is 0.208 e. The zero-order valence-electron chi connectivity index (χ0n) is 19.0. The number of hydrogen-bond donors (Lipinski definition) is 0. The van der Waals surface area contributed by atoms with Crippen molar-refractivity contribution in [1.82, 2.24) is 15.0 Å². The second-order valence-electron chi connectivity index (χ2n) is 9.06. The van der Waals surface area contributed by atoms with E-state index >= 15 is 0 Å². The highest BCUT2D eigenvalue weighted by Crippen LogP contribution is 2.51. The first-order chi connectivity index (χ1) is 16.5. The molecule has 164 valence electrons. The Kier molecular flexibility index (Phi) is 4.82. The van der Waals surface area contributed by atoms with Crippen LogP contribution < -0.4 is 0 Å². The summed E-state index contributed by atoms with van der Waals surface area (Å²) in [4.78, 5) is 14.1. The second-order valence-corrected chi connectivity index (χ2v) is 9.40. The fraction of sp³-hybridized carbons (Fsp3) is 0.100. The van der Waals surface area contributed by atoms with Crippen LogP contribution in [-0.2, 0) is 5.41 Å². The van der Waals surface area contributed by atoms with E-state index in [0.29, 0.717) is 11.6 Å². The minimum absolute atomic E-state index is 0.0957. The molecule has 0 radical (unpaired) electrons. The largest absolute Gasteiger partial charge is 0.226 e. The lowest BCUT2D eigenvalue weighted by molar-refractivity contribution is 0.660. The van der Waals surface area contributed by atoms with E-state index in [1.807, 2.05) is 36.4 Å². The number of rotatable bonds is 3. The minimum atomic E-state index is -0.0957. The predicted molar refractivity (Wildman–Crippen MR) is 139 cm³/mol. The van der Waals surface area contributed by atoms with Crippen LogP contribution >= 0.6 is 11.6 Å². The first kappa shape index (κ1) is 20.8. The molecule has 3 nitrogen and oxygen atoms in total. The molecule has 0 fully saturated rings. The Hall–Kier alpha value is -3.82. The fourth-order valence-electron chi connectivity index (χ4n) is 5.08. The molecule has 4 heteroatoms. The number of benzene rings is 4. The van der Waals surface area contributed by atoms with Gasteiger partial charge in [-0.25, -0.2) is 4.98 Å². The lowest BCUT2D eigenvalue weighted by Crippen LogP contribution is -2.14. The van der Waals surface area contributed by atoms with Crippen molar-refractivity contribution in [3.8, 4) is 45.0 Å². The lowest BCUT2D eigenvalue weighted by Gasteiger charge is -2.21. The van der Waals surface area contributed by atoms with Crippen molar-refractivity contribution < 1.29 is 0 Å². The van der Waals surface area contributed by atoms with Gasteiger partial charge in [0.1, 0.15) is 0 Å². The molecule has 34 heavy (non-hydrogen) atoms. The molecule has 1 heterocycles. The molecular formula is C30H22ClN3. The lowest BCUT2D eigenvalue weighted by atomic mass is 9.82. The van der Waals surface area contributed by atoms with Gasteiger partial charge in [-0.3, -0.25) is 0 Å². The van der Waals surface area contributed by atoms with Crippen LogP contribution in [0.1, 0.15) is 25.0 Å². The highest BCUT2D eigenvalue weighted by atomic mass is 35.5. The van der Waals surface area contributed by atoms with Gasteiger partial charge in [0.25, 0.3) is 0 Å². The summed E-state index contributed by atoms with van der Waals surface area (Å²) in [6.45, 7) is 4.53. The fourth-order valence-corrected chi connectivity index (χ4v) is 5.24. The van der Waals surface area contributed by atoms with Crippen LogP contribution in [0, 0.1) is 0 Å². The summed E-state index contributed by atoms with van der Waals surface area (Å²) < 4.78 is 0. The molecule has 0 amide bonds. The van der Waals surface area contributed by atoms with Crippen LogP contribution in [0.15, 0.2) is 97.1 Å². The molecule has 1 aliphatic rings.